The van der Waals surface area contributed by atoms with Crippen molar-refractivity contribution >= 4 is 53.9 Å². The third-order valence-corrected chi connectivity index (χ3v) is 8.00. The van der Waals surface area contributed by atoms with E-state index in [0.29, 0.717) is 0 Å². The first-order chi connectivity index (χ1) is 38.1. The molecule has 0 saturated carbocycles. The van der Waals surface area contributed by atoms with E-state index >= 15 is 0 Å². The maximum Gasteiger partial charge on any atom is 0.0636 e. The first kappa shape index (κ1) is 11.0. The summed E-state index contributed by atoms with van der Waals surface area (Å²) < 4.78 is 291. The van der Waals surface area contributed by atoms with Gasteiger partial charge in [0.05, 0.1) is 43.9 Å². The van der Waals surface area contributed by atoms with Gasteiger partial charge in [-0.1, -0.05) is 181 Å². The van der Waals surface area contributed by atoms with Crippen LogP contribution in [-0.4, -0.2) is 0 Å². The molecule has 0 N–H and O–H groups in total. The average Bonchev–Trinajstić information content (AvgIpc) is 0.964. The second-order valence-corrected chi connectivity index (χ2v) is 10.8. The van der Waals surface area contributed by atoms with E-state index < -0.39 is 292 Å². The number of rotatable bonds is 4. The van der Waals surface area contributed by atoms with Crippen molar-refractivity contribution in [3.8, 4) is 44.5 Å². The summed E-state index contributed by atoms with van der Waals surface area (Å²) in [6.07, 6.45) is 0. The highest BCUT2D eigenvalue weighted by atomic mass is 14.2. The normalized spacial score (nSPS) is 20.6. The molecule has 0 atom stereocenters. The van der Waals surface area contributed by atoms with Gasteiger partial charge in [0.2, 0.25) is 0 Å². The third kappa shape index (κ3) is 4.61. The van der Waals surface area contributed by atoms with Gasteiger partial charge >= 0.3 is 0 Å². The van der Waals surface area contributed by atoms with Gasteiger partial charge in [-0.05, 0) is 110 Å². The third-order valence-electron chi connectivity index (χ3n) is 8.00. The second-order valence-electron chi connectivity index (χ2n) is 10.8. The molecule has 0 amide bonds. The lowest BCUT2D eigenvalue weighted by atomic mass is 9.84. The van der Waals surface area contributed by atoms with E-state index in [4.69, 9.17) is 26.0 Å². The Bertz CT molecular complexity index is 4710. The molecule has 232 valence electrons. The van der Waals surface area contributed by atoms with E-state index in [1.54, 1.807) is 0 Å². The largest absolute Gasteiger partial charge is 0.0636 e. The SMILES string of the molecule is [2H]c1c([2H])c(-c2c3c([2H])c([2H])c([2H])c([2H])c3c(-c3c([2H])c([2H])c4c([2H])c([2H])c([2H])c([2H])c4c3[2H])c3c([2H])c(-c4c([2H])c([2H])c([2H])c5c([2H])c([2H])c([2H])c([2H])c45)c([2H])c([2H])c23)c([2H])c([2H])c1-c1c([2H])c([2H])c([2H])c2c([2H])c([2H])c([2H])c([2H])c12. The molecule has 0 heterocycles. The predicted molar refractivity (Wildman–Crippen MR) is 216 cm³/mol. The van der Waals surface area contributed by atoms with E-state index in [0.717, 1.165) is 0 Å². The van der Waals surface area contributed by atoms with E-state index in [-0.39, 0.29) is 0 Å². The zero-order chi connectivity index (χ0) is 60.9. The molecule has 10 rings (SSSR count). The molecule has 0 radical (unpaired) electrons. The zero-order valence-corrected chi connectivity index (χ0v) is 25.0. The Morgan fingerprint density at radius 3 is 1.34 bits per heavy atom. The summed E-state index contributed by atoms with van der Waals surface area (Å²) in [5.41, 5.74) is -7.18. The lowest BCUT2D eigenvalue weighted by Crippen LogP contribution is -1.92. The fourth-order valence-electron chi connectivity index (χ4n) is 5.81. The van der Waals surface area contributed by atoms with Gasteiger partial charge in [0.25, 0.3) is 0 Å². The van der Waals surface area contributed by atoms with Crippen molar-refractivity contribution in [1.82, 2.24) is 0 Å². The molecule has 0 saturated heterocycles. The van der Waals surface area contributed by atoms with Gasteiger partial charge in [-0.3, -0.25) is 0 Å². The summed E-state index contributed by atoms with van der Waals surface area (Å²) >= 11 is 0. The van der Waals surface area contributed by atoms with Gasteiger partial charge in [0, 0.05) is 0 Å². The van der Waals surface area contributed by atoms with Crippen LogP contribution in [0.5, 0.6) is 0 Å². The van der Waals surface area contributed by atoms with Crippen LogP contribution in [0.3, 0.4) is 0 Å². The molecule has 50 heavy (non-hydrogen) atoms. The molecule has 0 aliphatic carbocycles. The summed E-state index contributed by atoms with van der Waals surface area (Å²) in [5.74, 6) is 0. The molecule has 0 aromatic heterocycles. The smallest absolute Gasteiger partial charge is 0.0616 e. The van der Waals surface area contributed by atoms with Gasteiger partial charge in [-0.2, -0.15) is 0 Å². The van der Waals surface area contributed by atoms with E-state index in [1.807, 2.05) is 0 Å². The topological polar surface area (TPSA) is 0 Å². The zero-order valence-electron chi connectivity index (χ0n) is 57.0. The second kappa shape index (κ2) is 11.6. The van der Waals surface area contributed by atoms with Crippen molar-refractivity contribution in [3.63, 3.8) is 0 Å². The maximum absolute atomic E-state index is 10.3. The van der Waals surface area contributed by atoms with Gasteiger partial charge in [-0.25, -0.2) is 0 Å². The lowest BCUT2D eigenvalue weighted by molar-refractivity contribution is 1.63. The Balaban J connectivity index is 1.55. The monoisotopic (exact) mass is 664 g/mol. The van der Waals surface area contributed by atoms with Crippen LogP contribution in [0.15, 0.2) is 193 Å². The number of hydrogen-bond donors (Lipinski definition) is 0. The first-order valence-electron chi connectivity index (χ1n) is 30.8. The van der Waals surface area contributed by atoms with Crippen LogP contribution in [0.25, 0.3) is 98.4 Å². The molecule has 0 unspecified atom stereocenters. The first-order valence-corrected chi connectivity index (χ1v) is 14.8. The minimum atomic E-state index is -1.20. The van der Waals surface area contributed by atoms with Crippen LogP contribution in [0, 0.1) is 0 Å². The van der Waals surface area contributed by atoms with Gasteiger partial charge < -0.3 is 0 Å². The van der Waals surface area contributed by atoms with E-state index in [1.165, 1.54) is 0 Å². The van der Waals surface area contributed by atoms with Crippen LogP contribution in [-0.2, 0) is 0 Å². The van der Waals surface area contributed by atoms with Crippen LogP contribution >= 0.6 is 0 Å². The Hall–Kier alpha value is -6.50. The minimum absolute atomic E-state index is 0.635. The molecule has 0 aliphatic rings. The molecule has 0 nitrogen and oxygen atoms in total. The van der Waals surface area contributed by atoms with Gasteiger partial charge in [0.15, 0.2) is 0 Å². The minimum Gasteiger partial charge on any atom is -0.0616 e. The van der Waals surface area contributed by atoms with Crippen molar-refractivity contribution in [2.24, 2.45) is 0 Å². The predicted octanol–water partition coefficient (Wildman–Crippen LogP) is 14.1. The molecule has 10 aromatic rings. The molecule has 0 heteroatoms. The summed E-state index contributed by atoms with van der Waals surface area (Å²) in [4.78, 5) is 0. The maximum atomic E-state index is 10.3. The Labute approximate surface area is 336 Å². The molecule has 0 aliphatic heterocycles. The van der Waals surface area contributed by atoms with Crippen LogP contribution in [0.4, 0.5) is 0 Å². The molecule has 0 spiro atoms. The summed E-state index contributed by atoms with van der Waals surface area (Å²) in [7, 11) is 0. The molecule has 10 aromatic carbocycles. The van der Waals surface area contributed by atoms with E-state index in [9.17, 15) is 17.8 Å². The van der Waals surface area contributed by atoms with Gasteiger partial charge in [-0.15, -0.1) is 0 Å². The Kier molecular flexibility index (Phi) is 2.55. The fourth-order valence-corrected chi connectivity index (χ4v) is 5.81. The Morgan fingerprint density at radius 1 is 0.240 bits per heavy atom. The summed E-state index contributed by atoms with van der Waals surface area (Å²) in [6, 6.07) is -32.5. The van der Waals surface area contributed by atoms with Crippen molar-refractivity contribution in [2.45, 2.75) is 0 Å². The average molecular weight is 665 g/mol. The number of fused-ring (bicyclic) bond motifs is 5. The van der Waals surface area contributed by atoms with Crippen molar-refractivity contribution in [2.75, 3.05) is 0 Å². The highest BCUT2D eigenvalue weighted by Crippen LogP contribution is 2.46. The highest BCUT2D eigenvalue weighted by molar-refractivity contribution is 6.22. The number of hydrogen-bond acceptors (Lipinski definition) is 0. The number of benzene rings is 10. The fraction of sp³-hybridized carbons (Fsp3) is 0. The van der Waals surface area contributed by atoms with Crippen molar-refractivity contribution in [3.05, 3.63) is 193 Å². The lowest BCUT2D eigenvalue weighted by Gasteiger charge is -2.19. The van der Waals surface area contributed by atoms with Gasteiger partial charge in [0.1, 0.15) is 0 Å². The van der Waals surface area contributed by atoms with Crippen LogP contribution < -0.4 is 0 Å². The molecule has 0 fully saturated rings. The van der Waals surface area contributed by atoms with Crippen LogP contribution in [0.1, 0.15) is 43.9 Å². The Morgan fingerprint density at radius 2 is 0.680 bits per heavy atom. The summed E-state index contributed by atoms with van der Waals surface area (Å²) in [6.45, 7) is 0. The van der Waals surface area contributed by atoms with E-state index in [2.05, 4.69) is 0 Å². The standard InChI is InChI=1S/C50H32/c1-2-14-38-31-40(28-23-33(38)11-1)50-46-20-8-7-19-45(46)49(37-26-24-36(25-27-37)43-21-9-15-34-12-3-5-17-41(34)43)47-30-29-39(32-48(47)50)44-22-10-16-35-13-4-6-18-42(35)44/h1-32H/i1D,2D,3D,4D,5D,6D,7D,8D,9D,10D,11D,12D,13D,14D,15D,16D,17D,18D,19D,20D,21D,22D,23D,24D,25D,26D,27D,28D,29D,30D,31D,32D. The highest BCUT2D eigenvalue weighted by Gasteiger charge is 2.18. The molecular formula is C50H32. The summed E-state index contributed by atoms with van der Waals surface area (Å²) in [5, 5.41) is -7.73. The van der Waals surface area contributed by atoms with Crippen molar-refractivity contribution in [1.29, 1.82) is 0 Å². The van der Waals surface area contributed by atoms with Crippen molar-refractivity contribution < 1.29 is 43.9 Å². The van der Waals surface area contributed by atoms with Crippen LogP contribution in [0.2, 0.25) is 0 Å². The molecule has 0 bridgehead atoms. The molecular weight excluding hydrogens is 601 g/mol. The quantitative estimate of drug-likeness (QED) is 0.164.